The van der Waals surface area contributed by atoms with Crippen LogP contribution in [0.15, 0.2) is 54.6 Å². The molecule has 2 amide bonds. The van der Waals surface area contributed by atoms with Gasteiger partial charge in [-0.15, -0.1) is 0 Å². The monoisotopic (exact) mass is 348 g/mol. The number of anilines is 1. The molecule has 26 heavy (non-hydrogen) atoms. The molecule has 132 valence electrons. The minimum atomic E-state index is -0.341. The molecule has 3 aromatic rings. The normalized spacial score (nSPS) is 17.0. The van der Waals surface area contributed by atoms with Crippen molar-refractivity contribution in [1.29, 1.82) is 0 Å². The van der Waals surface area contributed by atoms with Crippen LogP contribution < -0.4 is 5.32 Å². The Balaban J connectivity index is 1.36. The number of aromatic amines is 1. The number of likely N-dealkylation sites (tertiary alicyclic amines) is 1. The summed E-state index contributed by atoms with van der Waals surface area (Å²) in [5, 5.41) is 2.80. The molecule has 1 aliphatic heterocycles. The highest BCUT2D eigenvalue weighted by atomic mass is 16.2. The van der Waals surface area contributed by atoms with Gasteiger partial charge in [0.2, 0.25) is 17.8 Å². The van der Waals surface area contributed by atoms with E-state index in [0.717, 1.165) is 17.5 Å². The number of hydrogen-bond acceptors (Lipinski definition) is 3. The zero-order chi connectivity index (χ0) is 17.9. The maximum atomic E-state index is 12.5. The number of para-hydroxylation sites is 2. The van der Waals surface area contributed by atoms with Crippen molar-refractivity contribution in [3.63, 3.8) is 0 Å². The van der Waals surface area contributed by atoms with Gasteiger partial charge in [0.25, 0.3) is 0 Å². The topological polar surface area (TPSA) is 78.1 Å². The molecule has 0 bridgehead atoms. The molecule has 1 saturated heterocycles. The zero-order valence-corrected chi connectivity index (χ0v) is 14.3. The molecule has 1 aliphatic rings. The highest BCUT2D eigenvalue weighted by Gasteiger charge is 2.34. The number of benzene rings is 2. The lowest BCUT2D eigenvalue weighted by atomic mass is 10.1. The van der Waals surface area contributed by atoms with E-state index in [2.05, 4.69) is 15.3 Å². The Labute approximate surface area is 151 Å². The molecule has 0 saturated carbocycles. The maximum absolute atomic E-state index is 12.5. The molecule has 0 spiro atoms. The Hall–Kier alpha value is -3.15. The molecule has 2 aromatic carbocycles. The second-order valence-corrected chi connectivity index (χ2v) is 6.57. The van der Waals surface area contributed by atoms with E-state index < -0.39 is 0 Å². The summed E-state index contributed by atoms with van der Waals surface area (Å²) >= 11 is 0. The van der Waals surface area contributed by atoms with Crippen molar-refractivity contribution in [3.05, 3.63) is 60.2 Å². The molecule has 0 aliphatic carbocycles. The Morgan fingerprint density at radius 1 is 1.15 bits per heavy atom. The van der Waals surface area contributed by atoms with Crippen LogP contribution in [0.5, 0.6) is 0 Å². The predicted octanol–water partition coefficient (Wildman–Crippen LogP) is 2.59. The van der Waals surface area contributed by atoms with Gasteiger partial charge in [-0.3, -0.25) is 14.9 Å². The van der Waals surface area contributed by atoms with Gasteiger partial charge in [-0.2, -0.15) is 0 Å². The summed E-state index contributed by atoms with van der Waals surface area (Å²) in [5.41, 5.74) is 2.86. The highest BCUT2D eigenvalue weighted by Crippen LogP contribution is 2.21. The largest absolute Gasteiger partial charge is 0.342 e. The van der Waals surface area contributed by atoms with E-state index >= 15 is 0 Å². The third-order valence-electron chi connectivity index (χ3n) is 4.73. The van der Waals surface area contributed by atoms with Gasteiger partial charge < -0.3 is 9.88 Å². The second kappa shape index (κ2) is 7.00. The number of rotatable bonds is 5. The highest BCUT2D eigenvalue weighted by molar-refractivity contribution is 5.97. The molecular weight excluding hydrogens is 328 g/mol. The van der Waals surface area contributed by atoms with E-state index in [4.69, 9.17) is 0 Å². The molecule has 1 atom stereocenters. The first-order valence-electron chi connectivity index (χ1n) is 8.76. The number of amides is 2. The Morgan fingerprint density at radius 3 is 2.73 bits per heavy atom. The van der Waals surface area contributed by atoms with E-state index in [1.807, 2.05) is 54.6 Å². The first-order valence-corrected chi connectivity index (χ1v) is 8.76. The number of fused-ring (bicyclic) bond motifs is 1. The number of nitrogens with zero attached hydrogens (tertiary/aromatic N) is 2. The quantitative estimate of drug-likeness (QED) is 0.744. The molecule has 2 heterocycles. The number of aromatic nitrogens is 2. The van der Waals surface area contributed by atoms with Gasteiger partial charge in [0.05, 0.1) is 17.0 Å². The third-order valence-corrected chi connectivity index (χ3v) is 4.73. The van der Waals surface area contributed by atoms with Crippen LogP contribution in [0.4, 0.5) is 5.95 Å². The van der Waals surface area contributed by atoms with E-state index in [1.54, 1.807) is 4.90 Å². The average Bonchev–Trinajstić information content (AvgIpc) is 3.23. The number of H-pyrrole nitrogens is 1. The standard InChI is InChI=1S/C20H20N4O2/c25-18-12-15(13-24(18)11-10-14-6-2-1-3-7-14)19(26)23-20-21-16-8-4-5-9-17(16)22-20/h1-9,15H,10-13H2,(H2,21,22,23,26)/t15-/m1/s1. The van der Waals surface area contributed by atoms with Crippen LogP contribution in [0.3, 0.4) is 0 Å². The summed E-state index contributed by atoms with van der Waals surface area (Å²) in [7, 11) is 0. The first kappa shape index (κ1) is 16.3. The molecule has 4 rings (SSSR count). The predicted molar refractivity (Wildman–Crippen MR) is 99.6 cm³/mol. The van der Waals surface area contributed by atoms with Gasteiger partial charge in [0.15, 0.2) is 0 Å². The molecular formula is C20H20N4O2. The van der Waals surface area contributed by atoms with Crippen LogP contribution >= 0.6 is 0 Å². The van der Waals surface area contributed by atoms with Crippen LogP contribution in [-0.4, -0.2) is 39.8 Å². The molecule has 6 heteroatoms. The average molecular weight is 348 g/mol. The summed E-state index contributed by atoms with van der Waals surface area (Å²) in [5.74, 6) is -0.0526. The van der Waals surface area contributed by atoms with E-state index in [-0.39, 0.29) is 24.2 Å². The Kier molecular flexibility index (Phi) is 4.39. The zero-order valence-electron chi connectivity index (χ0n) is 14.3. The van der Waals surface area contributed by atoms with E-state index in [0.29, 0.717) is 19.0 Å². The molecule has 1 aromatic heterocycles. The number of carbonyl (C=O) groups excluding carboxylic acids is 2. The van der Waals surface area contributed by atoms with E-state index in [1.165, 1.54) is 5.56 Å². The summed E-state index contributed by atoms with van der Waals surface area (Å²) in [6, 6.07) is 17.6. The van der Waals surface area contributed by atoms with Crippen LogP contribution in [0.2, 0.25) is 0 Å². The minimum absolute atomic E-state index is 0.0330. The van der Waals surface area contributed by atoms with Gasteiger partial charge in [-0.25, -0.2) is 4.98 Å². The fraction of sp³-hybridized carbons (Fsp3) is 0.250. The van der Waals surface area contributed by atoms with Crippen molar-refractivity contribution < 1.29 is 9.59 Å². The molecule has 0 radical (unpaired) electrons. The molecule has 0 unspecified atom stereocenters. The minimum Gasteiger partial charge on any atom is -0.342 e. The Bertz CT molecular complexity index is 902. The van der Waals surface area contributed by atoms with Gasteiger partial charge in [-0.1, -0.05) is 42.5 Å². The van der Waals surface area contributed by atoms with Crippen molar-refractivity contribution in [2.45, 2.75) is 12.8 Å². The van der Waals surface area contributed by atoms with E-state index in [9.17, 15) is 9.59 Å². The van der Waals surface area contributed by atoms with Gasteiger partial charge >= 0.3 is 0 Å². The summed E-state index contributed by atoms with van der Waals surface area (Å²) in [6.07, 6.45) is 1.05. The fourth-order valence-corrected chi connectivity index (χ4v) is 3.30. The summed E-state index contributed by atoms with van der Waals surface area (Å²) in [6.45, 7) is 1.09. The summed E-state index contributed by atoms with van der Waals surface area (Å²) < 4.78 is 0. The maximum Gasteiger partial charge on any atom is 0.232 e. The van der Waals surface area contributed by atoms with Crippen LogP contribution in [0, 0.1) is 5.92 Å². The number of imidazole rings is 1. The Morgan fingerprint density at radius 2 is 1.92 bits per heavy atom. The van der Waals surface area contributed by atoms with Crippen molar-refractivity contribution in [3.8, 4) is 0 Å². The van der Waals surface area contributed by atoms with Gasteiger partial charge in [0, 0.05) is 19.5 Å². The van der Waals surface area contributed by atoms with Crippen LogP contribution in [0.25, 0.3) is 11.0 Å². The number of hydrogen-bond donors (Lipinski definition) is 2. The van der Waals surface area contributed by atoms with Crippen LogP contribution in [-0.2, 0) is 16.0 Å². The second-order valence-electron chi connectivity index (χ2n) is 6.57. The third kappa shape index (κ3) is 3.44. The lowest BCUT2D eigenvalue weighted by molar-refractivity contribution is -0.128. The van der Waals surface area contributed by atoms with Crippen molar-refractivity contribution in [2.24, 2.45) is 5.92 Å². The molecule has 1 fully saturated rings. The van der Waals surface area contributed by atoms with Gasteiger partial charge in [-0.05, 0) is 24.1 Å². The van der Waals surface area contributed by atoms with Crippen molar-refractivity contribution >= 4 is 28.8 Å². The molecule has 2 N–H and O–H groups in total. The smallest absolute Gasteiger partial charge is 0.232 e. The van der Waals surface area contributed by atoms with Gasteiger partial charge in [0.1, 0.15) is 0 Å². The number of nitrogens with one attached hydrogen (secondary N) is 2. The van der Waals surface area contributed by atoms with Crippen molar-refractivity contribution in [1.82, 2.24) is 14.9 Å². The fourth-order valence-electron chi connectivity index (χ4n) is 3.30. The lowest BCUT2D eigenvalue weighted by Crippen LogP contribution is -2.30. The number of carbonyl (C=O) groups is 2. The van der Waals surface area contributed by atoms with Crippen LogP contribution in [0.1, 0.15) is 12.0 Å². The lowest BCUT2D eigenvalue weighted by Gasteiger charge is -2.16. The first-order chi connectivity index (χ1) is 12.7. The van der Waals surface area contributed by atoms with Crippen molar-refractivity contribution in [2.75, 3.05) is 18.4 Å². The molecule has 6 nitrogen and oxygen atoms in total. The SMILES string of the molecule is O=C(Nc1nc2ccccc2[nH]1)[C@@H]1CC(=O)N(CCc2ccccc2)C1. The summed E-state index contributed by atoms with van der Waals surface area (Å²) in [4.78, 5) is 33.9.